The SMILES string of the molecule is Fc1ccccc1Sc1ccccc1CNC1=NCCN1.[I-]. The Balaban J connectivity index is 0.00000176. The molecule has 0 bridgehead atoms. The minimum absolute atomic E-state index is 0. The highest BCUT2D eigenvalue weighted by molar-refractivity contribution is 7.99. The second kappa shape index (κ2) is 8.38. The van der Waals surface area contributed by atoms with Crippen LogP contribution in [0.15, 0.2) is 63.3 Å². The summed E-state index contributed by atoms with van der Waals surface area (Å²) in [7, 11) is 0. The number of hydrogen-bond donors (Lipinski definition) is 2. The number of halogens is 2. The fourth-order valence-electron chi connectivity index (χ4n) is 2.09. The second-order valence-electron chi connectivity index (χ2n) is 4.65. The smallest absolute Gasteiger partial charge is 0.191 e. The van der Waals surface area contributed by atoms with Crippen molar-refractivity contribution < 1.29 is 28.4 Å². The summed E-state index contributed by atoms with van der Waals surface area (Å²) in [4.78, 5) is 6.00. The number of aliphatic imine (C=N–C) groups is 1. The van der Waals surface area contributed by atoms with Gasteiger partial charge in [0.2, 0.25) is 0 Å². The fourth-order valence-corrected chi connectivity index (χ4v) is 3.06. The van der Waals surface area contributed by atoms with Crippen LogP contribution in [0.4, 0.5) is 4.39 Å². The van der Waals surface area contributed by atoms with E-state index in [1.807, 2.05) is 30.3 Å². The number of hydrogen-bond acceptors (Lipinski definition) is 4. The molecule has 116 valence electrons. The zero-order valence-electron chi connectivity index (χ0n) is 11.9. The van der Waals surface area contributed by atoms with E-state index in [0.29, 0.717) is 11.4 Å². The van der Waals surface area contributed by atoms with E-state index >= 15 is 0 Å². The van der Waals surface area contributed by atoms with Gasteiger partial charge in [0.1, 0.15) is 5.82 Å². The molecular formula is C16H16FIN3S-. The Hall–Kier alpha value is -1.28. The van der Waals surface area contributed by atoms with Crippen LogP contribution < -0.4 is 34.6 Å². The summed E-state index contributed by atoms with van der Waals surface area (Å²) in [5.74, 6) is 0.646. The average molecular weight is 428 g/mol. The van der Waals surface area contributed by atoms with Crippen LogP contribution >= 0.6 is 11.8 Å². The Morgan fingerprint density at radius 3 is 2.55 bits per heavy atom. The monoisotopic (exact) mass is 428 g/mol. The van der Waals surface area contributed by atoms with Crippen molar-refractivity contribution in [3.05, 3.63) is 59.9 Å². The van der Waals surface area contributed by atoms with E-state index in [0.717, 1.165) is 29.5 Å². The van der Waals surface area contributed by atoms with E-state index in [1.54, 1.807) is 12.1 Å². The van der Waals surface area contributed by atoms with Gasteiger partial charge >= 0.3 is 0 Å². The van der Waals surface area contributed by atoms with E-state index in [9.17, 15) is 4.39 Å². The van der Waals surface area contributed by atoms with Gasteiger partial charge in [0.05, 0.1) is 6.54 Å². The van der Waals surface area contributed by atoms with Crippen molar-refractivity contribution in [2.75, 3.05) is 13.1 Å². The molecule has 0 atom stereocenters. The predicted octanol–water partition coefficient (Wildman–Crippen LogP) is 0.0297. The maximum atomic E-state index is 13.8. The van der Waals surface area contributed by atoms with Gasteiger partial charge in [-0.1, -0.05) is 42.1 Å². The third-order valence-electron chi connectivity index (χ3n) is 3.15. The summed E-state index contributed by atoms with van der Waals surface area (Å²) < 4.78 is 13.8. The van der Waals surface area contributed by atoms with E-state index in [-0.39, 0.29) is 29.8 Å². The van der Waals surface area contributed by atoms with Crippen molar-refractivity contribution in [3.8, 4) is 0 Å². The van der Waals surface area contributed by atoms with Crippen molar-refractivity contribution >= 4 is 17.7 Å². The minimum Gasteiger partial charge on any atom is -1.00 e. The molecule has 22 heavy (non-hydrogen) atoms. The minimum atomic E-state index is -0.188. The standard InChI is InChI=1S/C16H16FN3S.HI/c17-13-6-2-4-8-15(13)21-14-7-3-1-5-12(14)11-20-16-18-9-10-19-16;/h1-8H,9-11H2,(H2,18,19,20);1H/p-1. The molecule has 0 fully saturated rings. The first kappa shape index (κ1) is 17.1. The molecule has 2 aromatic rings. The first-order valence-corrected chi connectivity index (χ1v) is 7.67. The summed E-state index contributed by atoms with van der Waals surface area (Å²) in [6.45, 7) is 2.37. The highest BCUT2D eigenvalue weighted by atomic mass is 127. The Bertz CT molecular complexity index is 663. The van der Waals surface area contributed by atoms with Crippen LogP contribution in [0.5, 0.6) is 0 Å². The zero-order valence-corrected chi connectivity index (χ0v) is 14.8. The third kappa shape index (κ3) is 4.36. The molecule has 0 aliphatic carbocycles. The normalized spacial score (nSPS) is 13.0. The van der Waals surface area contributed by atoms with Gasteiger partial charge < -0.3 is 34.6 Å². The molecule has 0 saturated carbocycles. The first-order chi connectivity index (χ1) is 10.3. The van der Waals surface area contributed by atoms with Crippen molar-refractivity contribution in [1.29, 1.82) is 0 Å². The van der Waals surface area contributed by atoms with E-state index < -0.39 is 0 Å². The van der Waals surface area contributed by atoms with E-state index in [4.69, 9.17) is 0 Å². The third-order valence-corrected chi connectivity index (χ3v) is 4.32. The Morgan fingerprint density at radius 2 is 1.82 bits per heavy atom. The van der Waals surface area contributed by atoms with E-state index in [2.05, 4.69) is 15.6 Å². The molecule has 1 aliphatic rings. The van der Waals surface area contributed by atoms with Crippen molar-refractivity contribution in [2.24, 2.45) is 4.99 Å². The van der Waals surface area contributed by atoms with Gasteiger partial charge in [-0.3, -0.25) is 4.99 Å². The van der Waals surface area contributed by atoms with Crippen molar-refractivity contribution in [3.63, 3.8) is 0 Å². The molecule has 0 radical (unpaired) electrons. The number of guanidine groups is 1. The van der Waals surface area contributed by atoms with Gasteiger partial charge in [0.25, 0.3) is 0 Å². The molecule has 0 amide bonds. The van der Waals surface area contributed by atoms with Gasteiger partial charge in [0, 0.05) is 22.9 Å². The molecule has 1 heterocycles. The van der Waals surface area contributed by atoms with Crippen LogP contribution in [0.2, 0.25) is 0 Å². The summed E-state index contributed by atoms with van der Waals surface area (Å²) >= 11 is 1.45. The highest BCUT2D eigenvalue weighted by Gasteiger charge is 2.09. The molecule has 0 saturated heterocycles. The molecule has 0 unspecified atom stereocenters. The lowest BCUT2D eigenvalue weighted by Gasteiger charge is -2.11. The Morgan fingerprint density at radius 1 is 1.09 bits per heavy atom. The average Bonchev–Trinajstić information content (AvgIpc) is 3.02. The molecular weight excluding hydrogens is 412 g/mol. The highest BCUT2D eigenvalue weighted by Crippen LogP contribution is 2.31. The van der Waals surface area contributed by atoms with Gasteiger partial charge in [0.15, 0.2) is 5.96 Å². The van der Waals surface area contributed by atoms with Crippen LogP contribution in [0.25, 0.3) is 0 Å². The van der Waals surface area contributed by atoms with E-state index in [1.165, 1.54) is 17.8 Å². The molecule has 6 heteroatoms. The summed E-state index contributed by atoms with van der Waals surface area (Å²) in [6, 6.07) is 14.9. The molecule has 1 aliphatic heterocycles. The van der Waals surface area contributed by atoms with Crippen LogP contribution in [-0.2, 0) is 6.54 Å². The Kier molecular flexibility index (Phi) is 6.50. The van der Waals surface area contributed by atoms with Crippen LogP contribution in [-0.4, -0.2) is 19.0 Å². The predicted molar refractivity (Wildman–Crippen MR) is 84.1 cm³/mol. The molecule has 2 aromatic carbocycles. The zero-order chi connectivity index (χ0) is 14.5. The van der Waals surface area contributed by atoms with Crippen LogP contribution in [0.1, 0.15) is 5.56 Å². The fraction of sp³-hybridized carbons (Fsp3) is 0.188. The second-order valence-corrected chi connectivity index (χ2v) is 5.73. The molecule has 2 N–H and O–H groups in total. The summed E-state index contributed by atoms with van der Waals surface area (Å²) in [5.41, 5.74) is 1.13. The largest absolute Gasteiger partial charge is 1.00 e. The van der Waals surface area contributed by atoms with Crippen LogP contribution in [0, 0.1) is 5.82 Å². The molecule has 3 nitrogen and oxygen atoms in total. The first-order valence-electron chi connectivity index (χ1n) is 6.85. The van der Waals surface area contributed by atoms with Crippen molar-refractivity contribution in [1.82, 2.24) is 10.6 Å². The lowest BCUT2D eigenvalue weighted by Crippen LogP contribution is -3.00. The molecule has 0 aromatic heterocycles. The van der Waals surface area contributed by atoms with Crippen LogP contribution in [0.3, 0.4) is 0 Å². The molecule has 3 rings (SSSR count). The van der Waals surface area contributed by atoms with Gasteiger partial charge in [-0.05, 0) is 23.8 Å². The maximum Gasteiger partial charge on any atom is 0.191 e. The maximum absolute atomic E-state index is 13.8. The Labute approximate surface area is 150 Å². The topological polar surface area (TPSA) is 36.4 Å². The van der Waals surface area contributed by atoms with Gasteiger partial charge in [-0.2, -0.15) is 0 Å². The number of rotatable bonds is 4. The molecule has 0 spiro atoms. The number of nitrogens with one attached hydrogen (secondary N) is 2. The summed E-state index contributed by atoms with van der Waals surface area (Å²) in [5, 5.41) is 6.45. The number of benzene rings is 2. The van der Waals surface area contributed by atoms with Crippen molar-refractivity contribution in [2.45, 2.75) is 16.3 Å². The van der Waals surface area contributed by atoms with Gasteiger partial charge in [-0.15, -0.1) is 0 Å². The van der Waals surface area contributed by atoms with Gasteiger partial charge in [-0.25, -0.2) is 4.39 Å². The lowest BCUT2D eigenvalue weighted by atomic mass is 10.2. The lowest BCUT2D eigenvalue weighted by molar-refractivity contribution is -0.00000495. The quantitative estimate of drug-likeness (QED) is 0.675. The summed E-state index contributed by atoms with van der Waals surface area (Å²) in [6.07, 6.45) is 0. The number of nitrogens with zero attached hydrogens (tertiary/aromatic N) is 1.